The number of halogens is 1. The molecular weight excluding hydrogens is 291 g/mol. The third-order valence-corrected chi connectivity index (χ3v) is 3.83. The maximum atomic E-state index is 12.8. The minimum absolute atomic E-state index is 0.195. The molecule has 1 aromatic carbocycles. The summed E-state index contributed by atoms with van der Waals surface area (Å²) < 4.78 is 12.8. The van der Waals surface area contributed by atoms with Gasteiger partial charge in [-0.25, -0.2) is 4.39 Å². The normalized spacial score (nSPS) is 21.0. The number of carboxylic acids is 1. The van der Waals surface area contributed by atoms with Crippen LogP contribution in [-0.4, -0.2) is 22.9 Å². The Balaban J connectivity index is 1.92. The number of carbonyl (C=O) groups excluding carboxylic acids is 2. The first-order chi connectivity index (χ1) is 10.5. The summed E-state index contributed by atoms with van der Waals surface area (Å²) in [5, 5.41) is 9.14. The van der Waals surface area contributed by atoms with Crippen molar-refractivity contribution in [3.05, 3.63) is 35.6 Å². The summed E-state index contributed by atoms with van der Waals surface area (Å²) >= 11 is 0. The quantitative estimate of drug-likeness (QED) is 0.737. The largest absolute Gasteiger partial charge is 0.481 e. The molecule has 22 heavy (non-hydrogen) atoms. The molecule has 0 radical (unpaired) electrons. The zero-order valence-electron chi connectivity index (χ0n) is 11.8. The van der Waals surface area contributed by atoms with Gasteiger partial charge in [-0.05, 0) is 37.1 Å². The lowest BCUT2D eigenvalue weighted by molar-refractivity contribution is -0.149. The van der Waals surface area contributed by atoms with Crippen LogP contribution in [0.15, 0.2) is 24.3 Å². The van der Waals surface area contributed by atoms with E-state index in [-0.39, 0.29) is 5.56 Å². The number of hydrogen-bond acceptors (Lipinski definition) is 3. The van der Waals surface area contributed by atoms with Gasteiger partial charge in [-0.1, -0.05) is 12.8 Å². The average Bonchev–Trinajstić information content (AvgIpc) is 2.53. The maximum absolute atomic E-state index is 12.8. The second-order valence-corrected chi connectivity index (χ2v) is 5.29. The van der Waals surface area contributed by atoms with Crippen molar-refractivity contribution in [2.45, 2.75) is 25.7 Å². The smallest absolute Gasteiger partial charge is 0.307 e. The van der Waals surface area contributed by atoms with Gasteiger partial charge in [-0.3, -0.25) is 25.2 Å². The van der Waals surface area contributed by atoms with Gasteiger partial charge in [0, 0.05) is 5.56 Å². The molecule has 0 saturated heterocycles. The standard InChI is InChI=1S/C15H17FN2O4/c16-10-7-5-9(6-8-10)13(19)17-18-14(20)11-3-1-2-4-12(11)15(21)22/h5-8,11-12H,1-4H2,(H,17,19)(H,18,20)(H,21,22). The lowest BCUT2D eigenvalue weighted by Gasteiger charge is -2.27. The second-order valence-electron chi connectivity index (χ2n) is 5.29. The molecule has 1 fully saturated rings. The number of aliphatic carboxylic acids is 1. The van der Waals surface area contributed by atoms with Crippen molar-refractivity contribution in [2.24, 2.45) is 11.8 Å². The summed E-state index contributed by atoms with van der Waals surface area (Å²) in [6, 6.07) is 4.85. The molecule has 1 aliphatic carbocycles. The molecule has 2 unspecified atom stereocenters. The van der Waals surface area contributed by atoms with Gasteiger partial charge in [0.15, 0.2) is 0 Å². The number of hydrazine groups is 1. The Hall–Kier alpha value is -2.44. The van der Waals surface area contributed by atoms with Gasteiger partial charge in [0.1, 0.15) is 5.82 Å². The van der Waals surface area contributed by atoms with Crippen LogP contribution in [0.5, 0.6) is 0 Å². The van der Waals surface area contributed by atoms with E-state index in [0.717, 1.165) is 25.0 Å². The van der Waals surface area contributed by atoms with Gasteiger partial charge in [-0.2, -0.15) is 0 Å². The molecule has 2 rings (SSSR count). The van der Waals surface area contributed by atoms with Crippen molar-refractivity contribution in [1.82, 2.24) is 10.9 Å². The summed E-state index contributed by atoms with van der Waals surface area (Å²) in [5.74, 6) is -3.94. The van der Waals surface area contributed by atoms with Crippen LogP contribution in [0, 0.1) is 17.7 Å². The molecule has 3 N–H and O–H groups in total. The van der Waals surface area contributed by atoms with Crippen molar-refractivity contribution < 1.29 is 23.9 Å². The van der Waals surface area contributed by atoms with E-state index in [1.807, 2.05) is 0 Å². The predicted octanol–water partition coefficient (Wildman–Crippen LogP) is 1.48. The van der Waals surface area contributed by atoms with Crippen molar-refractivity contribution in [3.63, 3.8) is 0 Å². The van der Waals surface area contributed by atoms with E-state index >= 15 is 0 Å². The number of amides is 2. The highest BCUT2D eigenvalue weighted by molar-refractivity contribution is 5.95. The number of nitrogens with one attached hydrogen (secondary N) is 2. The number of rotatable bonds is 3. The van der Waals surface area contributed by atoms with Gasteiger partial charge >= 0.3 is 5.97 Å². The Kier molecular flexibility index (Phi) is 5.08. The third kappa shape index (κ3) is 3.81. The molecule has 0 spiro atoms. The van der Waals surface area contributed by atoms with Crippen LogP contribution in [0.4, 0.5) is 4.39 Å². The summed E-state index contributed by atoms with van der Waals surface area (Å²) in [6.45, 7) is 0. The van der Waals surface area contributed by atoms with Gasteiger partial charge < -0.3 is 5.11 Å². The third-order valence-electron chi connectivity index (χ3n) is 3.83. The van der Waals surface area contributed by atoms with Crippen LogP contribution >= 0.6 is 0 Å². The van der Waals surface area contributed by atoms with E-state index in [1.54, 1.807) is 0 Å². The molecule has 2 atom stereocenters. The number of benzene rings is 1. The molecule has 1 aliphatic rings. The van der Waals surface area contributed by atoms with Crippen LogP contribution in [0.2, 0.25) is 0 Å². The molecule has 7 heteroatoms. The monoisotopic (exact) mass is 308 g/mol. The van der Waals surface area contributed by atoms with Crippen LogP contribution in [0.3, 0.4) is 0 Å². The zero-order valence-corrected chi connectivity index (χ0v) is 11.8. The Labute approximate surface area is 126 Å². The summed E-state index contributed by atoms with van der Waals surface area (Å²) in [5.41, 5.74) is 4.67. The summed E-state index contributed by atoms with van der Waals surface area (Å²) in [4.78, 5) is 35.0. The van der Waals surface area contributed by atoms with Gasteiger partial charge in [0.25, 0.3) is 5.91 Å². The fourth-order valence-corrected chi connectivity index (χ4v) is 2.62. The zero-order chi connectivity index (χ0) is 16.1. The van der Waals surface area contributed by atoms with Gasteiger partial charge in [0.05, 0.1) is 11.8 Å². The van der Waals surface area contributed by atoms with Gasteiger partial charge in [-0.15, -0.1) is 0 Å². The molecule has 6 nitrogen and oxygen atoms in total. The van der Waals surface area contributed by atoms with E-state index in [9.17, 15) is 18.8 Å². The van der Waals surface area contributed by atoms with Crippen LogP contribution in [0.1, 0.15) is 36.0 Å². The Morgan fingerprint density at radius 2 is 1.59 bits per heavy atom. The first-order valence-corrected chi connectivity index (χ1v) is 7.07. The lowest BCUT2D eigenvalue weighted by Crippen LogP contribution is -2.47. The minimum Gasteiger partial charge on any atom is -0.481 e. The molecule has 118 valence electrons. The summed E-state index contributed by atoms with van der Waals surface area (Å²) in [7, 11) is 0. The Morgan fingerprint density at radius 3 is 2.18 bits per heavy atom. The lowest BCUT2D eigenvalue weighted by atomic mass is 9.79. The Morgan fingerprint density at radius 1 is 1.00 bits per heavy atom. The molecule has 0 aliphatic heterocycles. The van der Waals surface area contributed by atoms with Crippen molar-refractivity contribution in [3.8, 4) is 0 Å². The predicted molar refractivity (Wildman–Crippen MR) is 75.1 cm³/mol. The molecule has 1 aromatic rings. The molecule has 1 saturated carbocycles. The van der Waals surface area contributed by atoms with Crippen LogP contribution in [-0.2, 0) is 9.59 Å². The number of hydrogen-bond donors (Lipinski definition) is 3. The van der Waals surface area contributed by atoms with Crippen LogP contribution < -0.4 is 10.9 Å². The van der Waals surface area contributed by atoms with Crippen molar-refractivity contribution >= 4 is 17.8 Å². The van der Waals surface area contributed by atoms with Gasteiger partial charge in [0.2, 0.25) is 5.91 Å². The number of carboxylic acid groups (broad SMARTS) is 1. The highest BCUT2D eigenvalue weighted by Gasteiger charge is 2.35. The molecule has 0 bridgehead atoms. The SMILES string of the molecule is O=C(NNC(=O)C1CCCCC1C(=O)O)c1ccc(F)cc1. The van der Waals surface area contributed by atoms with E-state index in [1.165, 1.54) is 12.1 Å². The van der Waals surface area contributed by atoms with Crippen LogP contribution in [0.25, 0.3) is 0 Å². The maximum Gasteiger partial charge on any atom is 0.307 e. The van der Waals surface area contributed by atoms with Crippen molar-refractivity contribution in [1.29, 1.82) is 0 Å². The first-order valence-electron chi connectivity index (χ1n) is 7.07. The highest BCUT2D eigenvalue weighted by atomic mass is 19.1. The molecule has 2 amide bonds. The molecule has 0 aromatic heterocycles. The van der Waals surface area contributed by atoms with E-state index in [4.69, 9.17) is 5.11 Å². The van der Waals surface area contributed by atoms with E-state index < -0.39 is 35.4 Å². The van der Waals surface area contributed by atoms with E-state index in [2.05, 4.69) is 10.9 Å². The van der Waals surface area contributed by atoms with Crippen molar-refractivity contribution in [2.75, 3.05) is 0 Å². The highest BCUT2D eigenvalue weighted by Crippen LogP contribution is 2.30. The van der Waals surface area contributed by atoms with E-state index in [0.29, 0.717) is 12.8 Å². The second kappa shape index (κ2) is 7.02. The Bertz CT molecular complexity index is 573. The molecular formula is C15H17FN2O4. The molecule has 0 heterocycles. The fourth-order valence-electron chi connectivity index (χ4n) is 2.62. The minimum atomic E-state index is -0.996. The fraction of sp³-hybridized carbons (Fsp3) is 0.400. The first kappa shape index (κ1) is 15.9. The average molecular weight is 308 g/mol. The summed E-state index contributed by atoms with van der Waals surface area (Å²) in [6.07, 6.45) is 2.50. The topological polar surface area (TPSA) is 95.5 Å². The number of carbonyl (C=O) groups is 3.